The number of hydrogen-bond donors (Lipinski definition) is 3. The van der Waals surface area contributed by atoms with Crippen molar-refractivity contribution in [2.45, 2.75) is 32.9 Å². The standard InChI is InChI=1S/C13H18IN3O2/c1-8(2)15-13(19)17-12(18)9(3)16-11-6-4-10(14)5-7-11/h4-9,16H,1-3H3,(H2,15,17,18,19)/t9-/m1/s1. The fourth-order valence-electron chi connectivity index (χ4n) is 1.38. The quantitative estimate of drug-likeness (QED) is 0.708. The lowest BCUT2D eigenvalue weighted by atomic mass is 10.2. The Labute approximate surface area is 126 Å². The van der Waals surface area contributed by atoms with E-state index in [0.29, 0.717) is 0 Å². The van der Waals surface area contributed by atoms with Gasteiger partial charge in [0.2, 0.25) is 5.91 Å². The van der Waals surface area contributed by atoms with Gasteiger partial charge in [0.1, 0.15) is 6.04 Å². The Balaban J connectivity index is 2.48. The Morgan fingerprint density at radius 2 is 1.68 bits per heavy atom. The maximum Gasteiger partial charge on any atom is 0.321 e. The van der Waals surface area contributed by atoms with Gasteiger partial charge in [0.05, 0.1) is 0 Å². The molecule has 6 heteroatoms. The minimum absolute atomic E-state index is 0.00716. The molecule has 5 nitrogen and oxygen atoms in total. The molecular weight excluding hydrogens is 357 g/mol. The first-order chi connectivity index (χ1) is 8.88. The SMILES string of the molecule is CC(C)NC(=O)NC(=O)[C@@H](C)Nc1ccc(I)cc1. The number of benzene rings is 1. The lowest BCUT2D eigenvalue weighted by molar-refractivity contribution is -0.120. The van der Waals surface area contributed by atoms with Crippen LogP contribution < -0.4 is 16.0 Å². The summed E-state index contributed by atoms with van der Waals surface area (Å²) in [6.45, 7) is 5.37. The van der Waals surface area contributed by atoms with Gasteiger partial charge in [-0.1, -0.05) is 0 Å². The zero-order chi connectivity index (χ0) is 14.4. The highest BCUT2D eigenvalue weighted by Crippen LogP contribution is 2.12. The monoisotopic (exact) mass is 375 g/mol. The molecule has 19 heavy (non-hydrogen) atoms. The van der Waals surface area contributed by atoms with Crippen LogP contribution in [-0.2, 0) is 4.79 Å². The summed E-state index contributed by atoms with van der Waals surface area (Å²) in [4.78, 5) is 23.2. The average molecular weight is 375 g/mol. The molecule has 0 spiro atoms. The van der Waals surface area contributed by atoms with E-state index in [2.05, 4.69) is 38.5 Å². The van der Waals surface area contributed by atoms with E-state index in [1.165, 1.54) is 0 Å². The number of imide groups is 1. The smallest absolute Gasteiger partial charge is 0.321 e. The Kier molecular flexibility index (Phi) is 6.07. The van der Waals surface area contributed by atoms with Gasteiger partial charge in [-0.15, -0.1) is 0 Å². The van der Waals surface area contributed by atoms with Crippen LogP contribution in [0.1, 0.15) is 20.8 Å². The molecule has 0 aliphatic heterocycles. The van der Waals surface area contributed by atoms with Gasteiger partial charge in [0, 0.05) is 15.3 Å². The molecule has 0 aliphatic carbocycles. The van der Waals surface area contributed by atoms with E-state index in [-0.39, 0.29) is 11.9 Å². The number of carbonyl (C=O) groups excluding carboxylic acids is 2. The highest BCUT2D eigenvalue weighted by atomic mass is 127. The summed E-state index contributed by atoms with van der Waals surface area (Å²) in [5, 5.41) is 7.92. The summed E-state index contributed by atoms with van der Waals surface area (Å²) in [6.07, 6.45) is 0. The first kappa shape index (κ1) is 15.7. The van der Waals surface area contributed by atoms with Crippen molar-refractivity contribution in [1.82, 2.24) is 10.6 Å². The first-order valence-electron chi connectivity index (χ1n) is 6.02. The zero-order valence-corrected chi connectivity index (χ0v) is 13.3. The summed E-state index contributed by atoms with van der Waals surface area (Å²) in [6, 6.07) is 6.69. The van der Waals surface area contributed by atoms with Crippen molar-refractivity contribution in [3.63, 3.8) is 0 Å². The largest absolute Gasteiger partial charge is 0.374 e. The molecule has 3 N–H and O–H groups in total. The van der Waals surface area contributed by atoms with E-state index in [0.717, 1.165) is 9.26 Å². The molecule has 0 fully saturated rings. The van der Waals surface area contributed by atoms with Crippen molar-refractivity contribution in [2.24, 2.45) is 0 Å². The Bertz CT molecular complexity index is 446. The third-order valence-corrected chi connectivity index (χ3v) is 3.00. The average Bonchev–Trinajstić information content (AvgIpc) is 2.30. The number of rotatable bonds is 4. The minimum atomic E-state index is -0.488. The molecule has 1 atom stereocenters. The van der Waals surface area contributed by atoms with E-state index in [1.54, 1.807) is 6.92 Å². The summed E-state index contributed by atoms with van der Waals surface area (Å²) >= 11 is 2.21. The van der Waals surface area contributed by atoms with Crippen LogP contribution in [0.3, 0.4) is 0 Å². The second-order valence-electron chi connectivity index (χ2n) is 4.49. The molecule has 0 saturated heterocycles. The van der Waals surface area contributed by atoms with Crippen LogP contribution in [-0.4, -0.2) is 24.0 Å². The van der Waals surface area contributed by atoms with Crippen molar-refractivity contribution < 1.29 is 9.59 Å². The Morgan fingerprint density at radius 3 is 2.21 bits per heavy atom. The summed E-state index contributed by atoms with van der Waals surface area (Å²) in [5.74, 6) is -0.364. The van der Waals surface area contributed by atoms with E-state index < -0.39 is 12.1 Å². The second-order valence-corrected chi connectivity index (χ2v) is 5.74. The molecule has 1 rings (SSSR count). The summed E-state index contributed by atoms with van der Waals surface area (Å²) in [7, 11) is 0. The van der Waals surface area contributed by atoms with Crippen LogP contribution in [0, 0.1) is 3.57 Å². The second kappa shape index (κ2) is 7.32. The number of urea groups is 1. The van der Waals surface area contributed by atoms with Crippen LogP contribution >= 0.6 is 22.6 Å². The topological polar surface area (TPSA) is 70.2 Å². The molecule has 0 aliphatic rings. The zero-order valence-electron chi connectivity index (χ0n) is 11.2. The lowest BCUT2D eigenvalue weighted by Crippen LogP contribution is -2.47. The highest BCUT2D eigenvalue weighted by molar-refractivity contribution is 14.1. The van der Waals surface area contributed by atoms with Crippen molar-refractivity contribution in [3.05, 3.63) is 27.8 Å². The molecule has 0 heterocycles. The number of carbonyl (C=O) groups is 2. The minimum Gasteiger partial charge on any atom is -0.374 e. The fourth-order valence-corrected chi connectivity index (χ4v) is 1.74. The van der Waals surface area contributed by atoms with Crippen molar-refractivity contribution in [1.29, 1.82) is 0 Å². The number of nitrogens with one attached hydrogen (secondary N) is 3. The summed E-state index contributed by atoms with van der Waals surface area (Å²) < 4.78 is 1.12. The Hall–Kier alpha value is -1.31. The first-order valence-corrected chi connectivity index (χ1v) is 7.10. The van der Waals surface area contributed by atoms with Gasteiger partial charge in [-0.05, 0) is 67.6 Å². The van der Waals surface area contributed by atoms with Crippen LogP contribution in [0.25, 0.3) is 0 Å². The lowest BCUT2D eigenvalue weighted by Gasteiger charge is -2.15. The van der Waals surface area contributed by atoms with Gasteiger partial charge in [-0.25, -0.2) is 4.79 Å². The molecule has 0 radical (unpaired) electrons. The van der Waals surface area contributed by atoms with Gasteiger partial charge in [-0.2, -0.15) is 0 Å². The van der Waals surface area contributed by atoms with Gasteiger partial charge < -0.3 is 10.6 Å². The molecule has 0 saturated carbocycles. The normalized spacial score (nSPS) is 11.8. The van der Waals surface area contributed by atoms with Crippen LogP contribution in [0.2, 0.25) is 0 Å². The molecule has 3 amide bonds. The van der Waals surface area contributed by atoms with Crippen LogP contribution in [0.15, 0.2) is 24.3 Å². The predicted octanol–water partition coefficient (Wildman–Crippen LogP) is 2.33. The van der Waals surface area contributed by atoms with E-state index in [4.69, 9.17) is 0 Å². The molecule has 0 unspecified atom stereocenters. The molecule has 0 bridgehead atoms. The van der Waals surface area contributed by atoms with Gasteiger partial charge in [0.15, 0.2) is 0 Å². The van der Waals surface area contributed by atoms with Gasteiger partial charge in [-0.3, -0.25) is 10.1 Å². The Morgan fingerprint density at radius 1 is 1.11 bits per heavy atom. The third-order valence-electron chi connectivity index (χ3n) is 2.28. The highest BCUT2D eigenvalue weighted by Gasteiger charge is 2.15. The third kappa shape index (κ3) is 5.91. The number of anilines is 1. The van der Waals surface area contributed by atoms with Crippen LogP contribution in [0.5, 0.6) is 0 Å². The molecular formula is C13H18IN3O2. The number of amides is 3. The number of halogens is 1. The maximum atomic E-state index is 11.8. The fraction of sp³-hybridized carbons (Fsp3) is 0.385. The van der Waals surface area contributed by atoms with Crippen molar-refractivity contribution >= 4 is 40.2 Å². The molecule has 0 aromatic heterocycles. The maximum absolute atomic E-state index is 11.8. The van der Waals surface area contributed by atoms with Crippen LogP contribution in [0.4, 0.5) is 10.5 Å². The van der Waals surface area contributed by atoms with Gasteiger partial charge in [0.25, 0.3) is 0 Å². The summed E-state index contributed by atoms with van der Waals surface area (Å²) in [5.41, 5.74) is 0.840. The number of hydrogen-bond acceptors (Lipinski definition) is 3. The van der Waals surface area contributed by atoms with E-state index >= 15 is 0 Å². The van der Waals surface area contributed by atoms with E-state index in [1.807, 2.05) is 38.1 Å². The molecule has 1 aromatic rings. The van der Waals surface area contributed by atoms with E-state index in [9.17, 15) is 9.59 Å². The molecule has 1 aromatic carbocycles. The van der Waals surface area contributed by atoms with Crippen molar-refractivity contribution in [2.75, 3.05) is 5.32 Å². The molecule has 104 valence electrons. The van der Waals surface area contributed by atoms with Gasteiger partial charge >= 0.3 is 6.03 Å². The predicted molar refractivity (Wildman–Crippen MR) is 84.1 cm³/mol. The van der Waals surface area contributed by atoms with Crippen molar-refractivity contribution in [3.8, 4) is 0 Å².